The molecule has 5 N–H and O–H groups in total. The van der Waals surface area contributed by atoms with Crippen molar-refractivity contribution in [3.05, 3.63) is 33.8 Å². The van der Waals surface area contributed by atoms with E-state index in [9.17, 15) is 0 Å². The number of hydrogen-bond donors (Lipinski definition) is 4. The van der Waals surface area contributed by atoms with Crippen LogP contribution >= 0.6 is 23.2 Å². The van der Waals surface area contributed by atoms with Crippen molar-refractivity contribution in [2.75, 3.05) is 0 Å². The van der Waals surface area contributed by atoms with Crippen LogP contribution in [-0.4, -0.2) is 23.2 Å². The van der Waals surface area contributed by atoms with Gasteiger partial charge in [0.05, 0.1) is 6.21 Å². The van der Waals surface area contributed by atoms with Gasteiger partial charge in [-0.1, -0.05) is 23.2 Å². The molecule has 0 amide bonds. The van der Waals surface area contributed by atoms with E-state index in [4.69, 9.17) is 44.2 Å². The van der Waals surface area contributed by atoms with Gasteiger partial charge in [0.1, 0.15) is 0 Å². The average Bonchev–Trinajstić information content (AvgIpc) is 2.13. The number of nitrogens with zero attached hydrogens (tertiary/aromatic N) is 1. The van der Waals surface area contributed by atoms with E-state index in [-0.39, 0.29) is 5.96 Å². The molecule has 0 aliphatic heterocycles. The van der Waals surface area contributed by atoms with Gasteiger partial charge >= 0.3 is 0 Å². The third kappa shape index (κ3) is 9.44. The molecule has 0 heterocycles. The second kappa shape index (κ2) is 8.32. The number of halogens is 2. The Morgan fingerprint density at radius 1 is 1.44 bits per heavy atom. The van der Waals surface area contributed by atoms with Crippen LogP contribution in [0.3, 0.4) is 0 Å². The zero-order valence-electron chi connectivity index (χ0n) is 9.45. The summed E-state index contributed by atoms with van der Waals surface area (Å²) < 4.78 is 0. The number of nitrogens with two attached hydrogens (primary N) is 1. The molecule has 18 heavy (non-hydrogen) atoms. The van der Waals surface area contributed by atoms with E-state index in [0.29, 0.717) is 10.0 Å². The van der Waals surface area contributed by atoms with Gasteiger partial charge in [-0.05, 0) is 23.8 Å². The fourth-order valence-electron chi connectivity index (χ4n) is 0.826. The minimum Gasteiger partial charge on any atom is -0.481 e. The summed E-state index contributed by atoms with van der Waals surface area (Å²) in [7, 11) is 0. The number of hydrazone groups is 1. The second-order valence-corrected chi connectivity index (χ2v) is 3.88. The van der Waals surface area contributed by atoms with Gasteiger partial charge in [-0.15, -0.1) is 0 Å². The Labute approximate surface area is 114 Å². The Bertz CT molecular complexity index is 439. The molecule has 98 valence electrons. The van der Waals surface area contributed by atoms with E-state index in [0.717, 1.165) is 12.5 Å². The van der Waals surface area contributed by atoms with Crippen LogP contribution < -0.4 is 11.2 Å². The van der Waals surface area contributed by atoms with E-state index < -0.39 is 5.97 Å². The summed E-state index contributed by atoms with van der Waals surface area (Å²) in [5.41, 5.74) is 8.03. The first-order chi connectivity index (χ1) is 8.31. The fourth-order valence-corrected chi connectivity index (χ4v) is 1.37. The lowest BCUT2D eigenvalue weighted by Crippen LogP contribution is -2.25. The second-order valence-electron chi connectivity index (χ2n) is 3.01. The van der Waals surface area contributed by atoms with E-state index >= 15 is 0 Å². The molecule has 0 saturated heterocycles. The molecule has 0 unspecified atom stereocenters. The molecule has 1 aromatic rings. The number of carbonyl (C=O) groups is 1. The Kier molecular flexibility index (Phi) is 7.50. The van der Waals surface area contributed by atoms with Gasteiger partial charge in [0.2, 0.25) is 5.96 Å². The lowest BCUT2D eigenvalue weighted by atomic mass is 10.2. The van der Waals surface area contributed by atoms with Gasteiger partial charge in [0.15, 0.2) is 0 Å². The highest BCUT2D eigenvalue weighted by molar-refractivity contribution is 6.35. The van der Waals surface area contributed by atoms with Crippen molar-refractivity contribution >= 4 is 41.3 Å². The largest absolute Gasteiger partial charge is 0.481 e. The molecule has 1 rings (SSSR count). The monoisotopic (exact) mass is 290 g/mol. The number of benzene rings is 1. The van der Waals surface area contributed by atoms with Gasteiger partial charge in [-0.3, -0.25) is 10.2 Å². The van der Waals surface area contributed by atoms with E-state index in [2.05, 4.69) is 10.5 Å². The molecule has 0 fully saturated rings. The normalized spacial score (nSPS) is 9.50. The number of carboxylic acid groups (broad SMARTS) is 1. The topological polar surface area (TPSA) is 112 Å². The summed E-state index contributed by atoms with van der Waals surface area (Å²) in [6.07, 6.45) is 1.47. The molecule has 0 aromatic heterocycles. The quantitative estimate of drug-likeness (QED) is 0.379. The van der Waals surface area contributed by atoms with Crippen molar-refractivity contribution in [1.29, 1.82) is 5.41 Å². The summed E-state index contributed by atoms with van der Waals surface area (Å²) in [6.45, 7) is 1.08. The van der Waals surface area contributed by atoms with Gasteiger partial charge in [-0.2, -0.15) is 5.10 Å². The van der Waals surface area contributed by atoms with Crippen LogP contribution in [0.5, 0.6) is 0 Å². The minimum atomic E-state index is -0.833. The van der Waals surface area contributed by atoms with E-state index in [1.807, 2.05) is 0 Å². The first-order valence-electron chi connectivity index (χ1n) is 4.60. The SMILES string of the molecule is CC(=O)O.N=C(N)N/N=C/c1cc(Cl)cc(Cl)c1. The van der Waals surface area contributed by atoms with Crippen molar-refractivity contribution < 1.29 is 9.90 Å². The number of guanidine groups is 1. The highest BCUT2D eigenvalue weighted by atomic mass is 35.5. The lowest BCUT2D eigenvalue weighted by Gasteiger charge is -1.97. The first-order valence-corrected chi connectivity index (χ1v) is 5.35. The van der Waals surface area contributed by atoms with Gasteiger partial charge in [-0.25, -0.2) is 5.43 Å². The highest BCUT2D eigenvalue weighted by Crippen LogP contribution is 2.17. The van der Waals surface area contributed by atoms with Crippen LogP contribution in [0.4, 0.5) is 0 Å². The summed E-state index contributed by atoms with van der Waals surface area (Å²) in [5, 5.41) is 19.0. The van der Waals surface area contributed by atoms with Crippen LogP contribution in [0.2, 0.25) is 10.0 Å². The van der Waals surface area contributed by atoms with Gasteiger partial charge < -0.3 is 10.8 Å². The third-order valence-electron chi connectivity index (χ3n) is 1.28. The molecule has 0 atom stereocenters. The van der Waals surface area contributed by atoms with Crippen LogP contribution in [0.15, 0.2) is 23.3 Å². The van der Waals surface area contributed by atoms with Crippen LogP contribution in [0, 0.1) is 5.41 Å². The average molecular weight is 291 g/mol. The predicted octanol–water partition coefficient (Wildman–Crippen LogP) is 1.90. The number of rotatable bonds is 2. The molecule has 0 spiro atoms. The van der Waals surface area contributed by atoms with Crippen molar-refractivity contribution in [3.63, 3.8) is 0 Å². The Balaban J connectivity index is 0.000000631. The molecule has 0 saturated carbocycles. The lowest BCUT2D eigenvalue weighted by molar-refractivity contribution is -0.134. The number of aliphatic carboxylic acids is 1. The summed E-state index contributed by atoms with van der Waals surface area (Å²) in [6, 6.07) is 5.01. The zero-order valence-corrected chi connectivity index (χ0v) is 11.0. The maximum atomic E-state index is 9.00. The van der Waals surface area contributed by atoms with Crippen LogP contribution in [0.25, 0.3) is 0 Å². The smallest absolute Gasteiger partial charge is 0.300 e. The predicted molar refractivity (Wildman–Crippen MR) is 72.4 cm³/mol. The first kappa shape index (κ1) is 16.2. The molecular weight excluding hydrogens is 279 g/mol. The molecule has 0 radical (unpaired) electrons. The van der Waals surface area contributed by atoms with Gasteiger partial charge in [0.25, 0.3) is 5.97 Å². The van der Waals surface area contributed by atoms with Crippen molar-refractivity contribution in [2.45, 2.75) is 6.92 Å². The standard InChI is InChI=1S/C8H8Cl2N4.C2H4O2/c9-6-1-5(2-7(10)3-6)4-13-14-8(11)12;1-2(3)4/h1-4H,(H4,11,12,14);1H3,(H,3,4)/b13-4+;. The molecule has 0 aliphatic carbocycles. The number of carboxylic acids is 1. The van der Waals surface area contributed by atoms with E-state index in [1.165, 1.54) is 6.21 Å². The molecule has 8 heteroatoms. The Morgan fingerprint density at radius 3 is 2.28 bits per heavy atom. The Hall–Kier alpha value is -1.79. The highest BCUT2D eigenvalue weighted by Gasteiger charge is 1.95. The molecular formula is C10H12Cl2N4O2. The maximum Gasteiger partial charge on any atom is 0.300 e. The molecule has 0 bridgehead atoms. The van der Waals surface area contributed by atoms with Gasteiger partial charge in [0, 0.05) is 17.0 Å². The fraction of sp³-hybridized carbons (Fsp3) is 0.100. The maximum absolute atomic E-state index is 9.00. The van der Waals surface area contributed by atoms with E-state index in [1.54, 1.807) is 18.2 Å². The van der Waals surface area contributed by atoms with Crippen molar-refractivity contribution in [1.82, 2.24) is 5.43 Å². The van der Waals surface area contributed by atoms with Crippen LogP contribution in [0.1, 0.15) is 12.5 Å². The van der Waals surface area contributed by atoms with Crippen molar-refractivity contribution in [2.24, 2.45) is 10.8 Å². The zero-order chi connectivity index (χ0) is 14.1. The van der Waals surface area contributed by atoms with Crippen LogP contribution in [-0.2, 0) is 4.79 Å². The Morgan fingerprint density at radius 2 is 1.89 bits per heavy atom. The minimum absolute atomic E-state index is 0.227. The van der Waals surface area contributed by atoms with Crippen molar-refractivity contribution in [3.8, 4) is 0 Å². The molecule has 0 aliphatic rings. The summed E-state index contributed by atoms with van der Waals surface area (Å²) in [5.74, 6) is -1.06. The molecule has 6 nitrogen and oxygen atoms in total. The number of nitrogens with one attached hydrogen (secondary N) is 2. The summed E-state index contributed by atoms with van der Waals surface area (Å²) >= 11 is 11.5. The number of hydrogen-bond acceptors (Lipinski definition) is 3. The summed E-state index contributed by atoms with van der Waals surface area (Å²) in [4.78, 5) is 9.00. The third-order valence-corrected chi connectivity index (χ3v) is 1.72. The molecule has 1 aromatic carbocycles.